The van der Waals surface area contributed by atoms with Gasteiger partial charge >= 0.3 is 11.9 Å². The number of esters is 2. The lowest BCUT2D eigenvalue weighted by Gasteiger charge is -2.25. The largest absolute Gasteiger partial charge is 0.465 e. The lowest BCUT2D eigenvalue weighted by atomic mass is 10.2. The molecule has 0 unspecified atom stereocenters. The fraction of sp³-hybridized carbons (Fsp3) is 0.714. The number of carbonyl (C=O) groups is 2. The second-order valence-corrected chi connectivity index (χ2v) is 4.63. The van der Waals surface area contributed by atoms with Gasteiger partial charge in [0, 0.05) is 5.57 Å². The predicted molar refractivity (Wildman–Crippen MR) is 69.6 cm³/mol. The zero-order valence-electron chi connectivity index (χ0n) is 11.5. The Morgan fingerprint density at radius 3 is 2.58 bits per heavy atom. The van der Waals surface area contributed by atoms with E-state index in [4.69, 9.17) is 14.2 Å². The van der Waals surface area contributed by atoms with E-state index in [1.54, 1.807) is 0 Å². The fourth-order valence-electron chi connectivity index (χ4n) is 1.53. The predicted octanol–water partition coefficient (Wildman–Crippen LogP) is 2.00. The van der Waals surface area contributed by atoms with Crippen molar-refractivity contribution < 1.29 is 23.8 Å². The van der Waals surface area contributed by atoms with Crippen LogP contribution in [0.1, 0.15) is 39.0 Å². The first kappa shape index (κ1) is 15.7. The SMILES string of the molecule is C=C(CC(=O)OCCCCCC)C(=O)OC1COC1. The van der Waals surface area contributed by atoms with Crippen LogP contribution in [-0.4, -0.2) is 37.9 Å². The van der Waals surface area contributed by atoms with E-state index in [1.165, 1.54) is 0 Å². The average Bonchev–Trinajstić information content (AvgIpc) is 2.33. The first-order valence-corrected chi connectivity index (χ1v) is 6.75. The Bertz CT molecular complexity index is 320. The van der Waals surface area contributed by atoms with E-state index in [2.05, 4.69) is 13.5 Å². The van der Waals surface area contributed by atoms with Gasteiger partial charge in [-0.3, -0.25) is 4.79 Å². The molecule has 0 amide bonds. The van der Waals surface area contributed by atoms with Gasteiger partial charge in [0.05, 0.1) is 26.2 Å². The molecule has 1 fully saturated rings. The lowest BCUT2D eigenvalue weighted by molar-refractivity contribution is -0.168. The molecule has 0 aromatic rings. The van der Waals surface area contributed by atoms with E-state index in [0.717, 1.165) is 25.7 Å². The summed E-state index contributed by atoms with van der Waals surface area (Å²) in [5, 5.41) is 0. The van der Waals surface area contributed by atoms with E-state index in [9.17, 15) is 9.59 Å². The van der Waals surface area contributed by atoms with Crippen LogP contribution in [0.3, 0.4) is 0 Å². The van der Waals surface area contributed by atoms with E-state index in [1.807, 2.05) is 0 Å². The Hall–Kier alpha value is -1.36. The van der Waals surface area contributed by atoms with Gasteiger partial charge in [-0.25, -0.2) is 4.79 Å². The van der Waals surface area contributed by atoms with Gasteiger partial charge < -0.3 is 14.2 Å². The number of hydrogen-bond donors (Lipinski definition) is 0. The van der Waals surface area contributed by atoms with Crippen LogP contribution in [0.25, 0.3) is 0 Å². The van der Waals surface area contributed by atoms with Crippen molar-refractivity contribution >= 4 is 11.9 Å². The molecule has 1 heterocycles. The highest BCUT2D eigenvalue weighted by molar-refractivity contribution is 5.93. The molecule has 1 aliphatic rings. The lowest BCUT2D eigenvalue weighted by Crippen LogP contribution is -2.38. The van der Waals surface area contributed by atoms with Crippen molar-refractivity contribution in [3.63, 3.8) is 0 Å². The molecular formula is C14H22O5. The molecule has 0 radical (unpaired) electrons. The topological polar surface area (TPSA) is 61.8 Å². The Labute approximate surface area is 113 Å². The molecule has 5 heteroatoms. The molecule has 1 aliphatic heterocycles. The normalized spacial score (nSPS) is 14.6. The minimum Gasteiger partial charge on any atom is -0.465 e. The van der Waals surface area contributed by atoms with Crippen LogP contribution in [0.5, 0.6) is 0 Å². The summed E-state index contributed by atoms with van der Waals surface area (Å²) in [4.78, 5) is 23.0. The molecule has 0 aromatic carbocycles. The highest BCUT2D eigenvalue weighted by atomic mass is 16.6. The quantitative estimate of drug-likeness (QED) is 0.364. The smallest absolute Gasteiger partial charge is 0.334 e. The minimum absolute atomic E-state index is 0.111. The molecule has 0 aliphatic carbocycles. The van der Waals surface area contributed by atoms with Crippen molar-refractivity contribution in [3.8, 4) is 0 Å². The molecule has 1 rings (SSSR count). The zero-order valence-corrected chi connectivity index (χ0v) is 11.5. The van der Waals surface area contributed by atoms with Crippen molar-refractivity contribution in [3.05, 3.63) is 12.2 Å². The monoisotopic (exact) mass is 270 g/mol. The highest BCUT2D eigenvalue weighted by Crippen LogP contribution is 2.10. The van der Waals surface area contributed by atoms with Crippen LogP contribution in [0, 0.1) is 0 Å². The summed E-state index contributed by atoms with van der Waals surface area (Å²) in [6, 6.07) is 0. The van der Waals surface area contributed by atoms with Crippen LogP contribution in [0.15, 0.2) is 12.2 Å². The number of unbranched alkanes of at least 4 members (excludes halogenated alkanes) is 3. The summed E-state index contributed by atoms with van der Waals surface area (Å²) in [5.74, 6) is -0.973. The Balaban J connectivity index is 2.09. The Morgan fingerprint density at radius 2 is 2.00 bits per heavy atom. The molecule has 0 N–H and O–H groups in total. The highest BCUT2D eigenvalue weighted by Gasteiger charge is 2.24. The number of carbonyl (C=O) groups excluding carboxylic acids is 2. The first-order valence-electron chi connectivity index (χ1n) is 6.75. The van der Waals surface area contributed by atoms with Gasteiger partial charge in [-0.05, 0) is 6.42 Å². The molecule has 19 heavy (non-hydrogen) atoms. The molecule has 5 nitrogen and oxygen atoms in total. The number of ether oxygens (including phenoxy) is 3. The van der Waals surface area contributed by atoms with Gasteiger partial charge in [0.15, 0.2) is 0 Å². The van der Waals surface area contributed by atoms with Crippen LogP contribution in [0.2, 0.25) is 0 Å². The third-order valence-corrected chi connectivity index (χ3v) is 2.79. The summed E-state index contributed by atoms with van der Waals surface area (Å²) in [6.07, 6.45) is 3.88. The van der Waals surface area contributed by atoms with Crippen molar-refractivity contribution in [1.82, 2.24) is 0 Å². The Kier molecular flexibility index (Phi) is 7.18. The summed E-state index contributed by atoms with van der Waals surface area (Å²) in [6.45, 7) is 6.90. The van der Waals surface area contributed by atoms with Gasteiger partial charge in [0.1, 0.15) is 6.10 Å². The molecule has 0 saturated carbocycles. The minimum atomic E-state index is -0.545. The molecule has 1 saturated heterocycles. The van der Waals surface area contributed by atoms with Crippen LogP contribution in [-0.2, 0) is 23.8 Å². The van der Waals surface area contributed by atoms with Crippen molar-refractivity contribution in [1.29, 1.82) is 0 Å². The maximum Gasteiger partial charge on any atom is 0.334 e. The van der Waals surface area contributed by atoms with Crippen LogP contribution < -0.4 is 0 Å². The van der Waals surface area contributed by atoms with Gasteiger partial charge in [-0.15, -0.1) is 0 Å². The molecule has 0 aromatic heterocycles. The molecular weight excluding hydrogens is 248 g/mol. The third kappa shape index (κ3) is 6.38. The van der Waals surface area contributed by atoms with Gasteiger partial charge in [0.2, 0.25) is 0 Å². The fourth-order valence-corrected chi connectivity index (χ4v) is 1.53. The van der Waals surface area contributed by atoms with Gasteiger partial charge in [-0.2, -0.15) is 0 Å². The van der Waals surface area contributed by atoms with Crippen molar-refractivity contribution in [2.24, 2.45) is 0 Å². The number of rotatable bonds is 9. The van der Waals surface area contributed by atoms with Crippen molar-refractivity contribution in [2.45, 2.75) is 45.1 Å². The van der Waals surface area contributed by atoms with Crippen LogP contribution >= 0.6 is 0 Å². The maximum atomic E-state index is 11.5. The number of hydrogen-bond acceptors (Lipinski definition) is 5. The van der Waals surface area contributed by atoms with Crippen LogP contribution in [0.4, 0.5) is 0 Å². The zero-order chi connectivity index (χ0) is 14.1. The maximum absolute atomic E-state index is 11.5. The second kappa shape index (κ2) is 8.69. The van der Waals surface area contributed by atoms with Gasteiger partial charge in [-0.1, -0.05) is 32.8 Å². The summed E-state index contributed by atoms with van der Waals surface area (Å²) in [5.41, 5.74) is 0.130. The van der Waals surface area contributed by atoms with E-state index >= 15 is 0 Å². The standard InChI is InChI=1S/C14H22O5/c1-3-4-5-6-7-18-13(15)8-11(2)14(16)19-12-9-17-10-12/h12H,2-10H2,1H3. The second-order valence-electron chi connectivity index (χ2n) is 4.63. The van der Waals surface area contributed by atoms with Gasteiger partial charge in [0.25, 0.3) is 0 Å². The first-order chi connectivity index (χ1) is 9.13. The molecule has 0 spiro atoms. The molecule has 0 atom stereocenters. The van der Waals surface area contributed by atoms with E-state index < -0.39 is 11.9 Å². The van der Waals surface area contributed by atoms with E-state index in [-0.39, 0.29) is 18.1 Å². The third-order valence-electron chi connectivity index (χ3n) is 2.79. The Morgan fingerprint density at radius 1 is 1.26 bits per heavy atom. The molecule has 108 valence electrons. The summed E-state index contributed by atoms with van der Waals surface area (Å²) >= 11 is 0. The summed E-state index contributed by atoms with van der Waals surface area (Å²) in [7, 11) is 0. The molecule has 0 bridgehead atoms. The summed E-state index contributed by atoms with van der Waals surface area (Å²) < 4.78 is 14.9. The average molecular weight is 270 g/mol. The van der Waals surface area contributed by atoms with Crippen molar-refractivity contribution in [2.75, 3.05) is 19.8 Å². The van der Waals surface area contributed by atoms with E-state index in [0.29, 0.717) is 19.8 Å².